The Hall–Kier alpha value is -2.50. The van der Waals surface area contributed by atoms with E-state index in [0.717, 1.165) is 10.9 Å². The number of hydrogen-bond donors (Lipinski definition) is 3. The predicted octanol–water partition coefficient (Wildman–Crippen LogP) is 0.958. The third kappa shape index (κ3) is 3.09. The lowest BCUT2D eigenvalue weighted by molar-refractivity contribution is -0.128. The molecule has 0 spiro atoms. The third-order valence-electron chi connectivity index (χ3n) is 3.01. The Labute approximate surface area is 116 Å². The Morgan fingerprint density at radius 3 is 2.75 bits per heavy atom. The summed E-state index contributed by atoms with van der Waals surface area (Å²) >= 11 is 0. The molecule has 0 aliphatic carbocycles. The molecule has 6 nitrogen and oxygen atoms in total. The maximum atomic E-state index is 12.0. The van der Waals surface area contributed by atoms with Gasteiger partial charge in [-0.3, -0.25) is 9.59 Å². The van der Waals surface area contributed by atoms with Crippen LogP contribution < -0.4 is 11.1 Å². The summed E-state index contributed by atoms with van der Waals surface area (Å²) in [5, 5.41) is 3.60. The van der Waals surface area contributed by atoms with Crippen LogP contribution in [-0.2, 0) is 4.79 Å². The highest BCUT2D eigenvalue weighted by molar-refractivity contribution is 5.98. The molecular formula is C14H18N4O2. The summed E-state index contributed by atoms with van der Waals surface area (Å²) in [5.41, 5.74) is 7.66. The Kier molecular flexibility index (Phi) is 3.93. The maximum Gasteiger partial charge on any atom is 0.267 e. The molecule has 0 saturated carbocycles. The number of nitrogens with one attached hydrogen (secondary N) is 2. The van der Waals surface area contributed by atoms with Gasteiger partial charge in [-0.1, -0.05) is 0 Å². The van der Waals surface area contributed by atoms with Crippen LogP contribution in [-0.4, -0.2) is 42.3 Å². The van der Waals surface area contributed by atoms with Crippen molar-refractivity contribution in [3.05, 3.63) is 30.0 Å². The zero-order valence-electron chi connectivity index (χ0n) is 11.6. The molecule has 0 radical (unpaired) electrons. The molecule has 0 fully saturated rings. The quantitative estimate of drug-likeness (QED) is 0.725. The third-order valence-corrected chi connectivity index (χ3v) is 3.01. The van der Waals surface area contributed by atoms with Gasteiger partial charge in [0, 0.05) is 43.7 Å². The first-order valence-corrected chi connectivity index (χ1v) is 6.34. The van der Waals surface area contributed by atoms with E-state index in [-0.39, 0.29) is 18.2 Å². The van der Waals surface area contributed by atoms with Gasteiger partial charge in [0.05, 0.1) is 0 Å². The maximum absolute atomic E-state index is 12.0. The molecule has 0 atom stereocenters. The van der Waals surface area contributed by atoms with Crippen molar-refractivity contribution in [3.8, 4) is 0 Å². The first-order chi connectivity index (χ1) is 9.47. The highest BCUT2D eigenvalue weighted by Gasteiger charge is 2.10. The number of nitrogens with zero attached hydrogens (tertiary/aromatic N) is 1. The SMILES string of the molecule is CN(C)C(=O)CCNC(=O)c1cc2cc(N)ccc2[nH]1. The molecule has 6 heteroatoms. The van der Waals surface area contributed by atoms with Crippen molar-refractivity contribution >= 4 is 28.4 Å². The van der Waals surface area contributed by atoms with E-state index in [9.17, 15) is 9.59 Å². The molecule has 0 aliphatic heterocycles. The van der Waals surface area contributed by atoms with Gasteiger partial charge in [0.25, 0.3) is 5.91 Å². The second-order valence-corrected chi connectivity index (χ2v) is 4.82. The number of nitrogens with two attached hydrogens (primary N) is 1. The topological polar surface area (TPSA) is 91.2 Å². The number of fused-ring (bicyclic) bond motifs is 1. The minimum absolute atomic E-state index is 0.0188. The molecule has 2 amide bonds. The lowest BCUT2D eigenvalue weighted by atomic mass is 10.2. The van der Waals surface area contributed by atoms with Gasteiger partial charge in [0.2, 0.25) is 5.91 Å². The van der Waals surface area contributed by atoms with Crippen LogP contribution in [0.3, 0.4) is 0 Å². The van der Waals surface area contributed by atoms with Gasteiger partial charge >= 0.3 is 0 Å². The molecule has 2 aromatic rings. The zero-order valence-corrected chi connectivity index (χ0v) is 11.6. The molecule has 20 heavy (non-hydrogen) atoms. The zero-order chi connectivity index (χ0) is 14.7. The van der Waals surface area contributed by atoms with Gasteiger partial charge in [0.1, 0.15) is 5.69 Å². The summed E-state index contributed by atoms with van der Waals surface area (Å²) in [5.74, 6) is -0.249. The number of anilines is 1. The van der Waals surface area contributed by atoms with Gasteiger partial charge in [-0.15, -0.1) is 0 Å². The van der Waals surface area contributed by atoms with Crippen LogP contribution >= 0.6 is 0 Å². The lowest BCUT2D eigenvalue weighted by Crippen LogP contribution is -2.30. The van der Waals surface area contributed by atoms with Crippen LogP contribution in [0.15, 0.2) is 24.3 Å². The van der Waals surface area contributed by atoms with Gasteiger partial charge in [-0.25, -0.2) is 0 Å². The molecule has 106 valence electrons. The number of H-pyrrole nitrogens is 1. The van der Waals surface area contributed by atoms with Crippen molar-refractivity contribution in [3.63, 3.8) is 0 Å². The van der Waals surface area contributed by atoms with Crippen LogP contribution in [0.25, 0.3) is 10.9 Å². The van der Waals surface area contributed by atoms with E-state index in [2.05, 4.69) is 10.3 Å². The summed E-state index contributed by atoms with van der Waals surface area (Å²) in [7, 11) is 3.37. The van der Waals surface area contributed by atoms with E-state index in [4.69, 9.17) is 5.73 Å². The van der Waals surface area contributed by atoms with Crippen LogP contribution in [0.5, 0.6) is 0 Å². The summed E-state index contributed by atoms with van der Waals surface area (Å²) < 4.78 is 0. The standard InChI is InChI=1S/C14H18N4O2/c1-18(2)13(19)5-6-16-14(20)12-8-9-7-10(15)3-4-11(9)17-12/h3-4,7-8,17H,5-6,15H2,1-2H3,(H,16,20). The Bertz CT molecular complexity index is 646. The Morgan fingerprint density at radius 2 is 2.05 bits per heavy atom. The van der Waals surface area contributed by atoms with Gasteiger partial charge in [-0.2, -0.15) is 0 Å². The minimum Gasteiger partial charge on any atom is -0.399 e. The van der Waals surface area contributed by atoms with E-state index in [0.29, 0.717) is 17.9 Å². The van der Waals surface area contributed by atoms with E-state index in [1.165, 1.54) is 4.90 Å². The summed E-state index contributed by atoms with van der Waals surface area (Å²) in [6, 6.07) is 7.15. The van der Waals surface area contributed by atoms with E-state index >= 15 is 0 Å². The van der Waals surface area contributed by atoms with Crippen molar-refractivity contribution < 1.29 is 9.59 Å². The van der Waals surface area contributed by atoms with Crippen molar-refractivity contribution in [1.82, 2.24) is 15.2 Å². The first kappa shape index (κ1) is 13.9. The van der Waals surface area contributed by atoms with E-state index in [1.807, 2.05) is 6.07 Å². The second kappa shape index (κ2) is 5.64. The molecule has 2 rings (SSSR count). The largest absolute Gasteiger partial charge is 0.399 e. The number of hydrogen-bond acceptors (Lipinski definition) is 3. The average Bonchev–Trinajstić information content (AvgIpc) is 2.81. The van der Waals surface area contributed by atoms with Crippen molar-refractivity contribution in [2.24, 2.45) is 0 Å². The molecule has 1 aromatic heterocycles. The van der Waals surface area contributed by atoms with Crippen LogP contribution in [0, 0.1) is 0 Å². The molecule has 1 heterocycles. The van der Waals surface area contributed by atoms with Gasteiger partial charge in [0.15, 0.2) is 0 Å². The molecule has 0 saturated heterocycles. The molecular weight excluding hydrogens is 256 g/mol. The van der Waals surface area contributed by atoms with E-state index in [1.54, 1.807) is 32.3 Å². The number of benzene rings is 1. The highest BCUT2D eigenvalue weighted by atomic mass is 16.2. The number of rotatable bonds is 4. The fraction of sp³-hybridized carbons (Fsp3) is 0.286. The number of amides is 2. The predicted molar refractivity (Wildman–Crippen MR) is 78.4 cm³/mol. The van der Waals surface area contributed by atoms with Gasteiger partial charge < -0.3 is 20.9 Å². The Morgan fingerprint density at radius 1 is 1.30 bits per heavy atom. The lowest BCUT2D eigenvalue weighted by Gasteiger charge is -2.10. The van der Waals surface area contributed by atoms with Crippen molar-refractivity contribution in [2.75, 3.05) is 26.4 Å². The first-order valence-electron chi connectivity index (χ1n) is 6.34. The number of nitrogen functional groups attached to an aromatic ring is 1. The van der Waals surface area contributed by atoms with E-state index < -0.39 is 0 Å². The van der Waals surface area contributed by atoms with Crippen molar-refractivity contribution in [1.29, 1.82) is 0 Å². The molecule has 0 unspecified atom stereocenters. The average molecular weight is 274 g/mol. The van der Waals surface area contributed by atoms with Crippen molar-refractivity contribution in [2.45, 2.75) is 6.42 Å². The van der Waals surface area contributed by atoms with Crippen LogP contribution in [0.1, 0.15) is 16.9 Å². The molecule has 0 aliphatic rings. The Balaban J connectivity index is 1.99. The number of aromatic amines is 1. The number of aromatic nitrogens is 1. The fourth-order valence-electron chi connectivity index (χ4n) is 1.88. The number of carbonyl (C=O) groups is 2. The fourth-order valence-corrected chi connectivity index (χ4v) is 1.88. The van der Waals surface area contributed by atoms with Crippen LogP contribution in [0.4, 0.5) is 5.69 Å². The molecule has 4 N–H and O–H groups in total. The summed E-state index contributed by atoms with van der Waals surface area (Å²) in [6.07, 6.45) is 0.284. The monoisotopic (exact) mass is 274 g/mol. The molecule has 1 aromatic carbocycles. The molecule has 0 bridgehead atoms. The van der Waals surface area contributed by atoms with Crippen LogP contribution in [0.2, 0.25) is 0 Å². The summed E-state index contributed by atoms with van der Waals surface area (Å²) in [6.45, 7) is 0.313. The smallest absolute Gasteiger partial charge is 0.267 e. The highest BCUT2D eigenvalue weighted by Crippen LogP contribution is 2.18. The minimum atomic E-state index is -0.230. The number of carbonyl (C=O) groups excluding carboxylic acids is 2. The normalized spacial score (nSPS) is 10.5. The summed E-state index contributed by atoms with van der Waals surface area (Å²) in [4.78, 5) is 27.9. The van der Waals surface area contributed by atoms with Gasteiger partial charge in [-0.05, 0) is 24.3 Å². The second-order valence-electron chi connectivity index (χ2n) is 4.82.